The van der Waals surface area contributed by atoms with Crippen LogP contribution in [0.1, 0.15) is 27.7 Å². The summed E-state index contributed by atoms with van der Waals surface area (Å²) in [5.74, 6) is 0. The van der Waals surface area contributed by atoms with E-state index in [0.29, 0.717) is 13.8 Å². The van der Waals surface area contributed by atoms with Crippen LogP contribution in [0, 0.1) is 0 Å². The normalized spacial score (nSPS) is 24.2. The highest BCUT2D eigenvalue weighted by Gasteiger charge is 2.74. The van der Waals surface area contributed by atoms with Crippen LogP contribution < -0.4 is 0 Å². The van der Waals surface area contributed by atoms with Gasteiger partial charge in [-0.1, -0.05) is 0 Å². The Bertz CT molecular complexity index is 296. The molecule has 8 heteroatoms. The molecule has 0 spiro atoms. The first kappa shape index (κ1) is 18.8. The predicted octanol–water partition coefficient (Wildman–Crippen LogP) is 2.95. The Labute approximate surface area is 112 Å². The van der Waals surface area contributed by atoms with Crippen LogP contribution in [0.4, 0.5) is 17.6 Å². The van der Waals surface area contributed by atoms with Gasteiger partial charge < -0.3 is 13.3 Å². The molecule has 0 radical (unpaired) electrons. The zero-order chi connectivity index (χ0) is 15.7. The predicted molar refractivity (Wildman–Crippen MR) is 65.9 cm³/mol. The molecule has 3 nitrogen and oxygen atoms in total. The number of halogens is 4. The van der Waals surface area contributed by atoms with E-state index in [9.17, 15) is 17.6 Å². The van der Waals surface area contributed by atoms with Crippen LogP contribution in [0.2, 0.25) is 0 Å². The van der Waals surface area contributed by atoms with Crippen molar-refractivity contribution in [2.45, 2.75) is 50.5 Å². The molecule has 0 heterocycles. The van der Waals surface area contributed by atoms with Gasteiger partial charge >= 0.3 is 8.80 Å². The molecule has 0 aromatic rings. The summed E-state index contributed by atoms with van der Waals surface area (Å²) in [4.78, 5) is 0. The fourth-order valence-electron chi connectivity index (χ4n) is 1.95. The van der Waals surface area contributed by atoms with Crippen molar-refractivity contribution in [3.8, 4) is 0 Å². The van der Waals surface area contributed by atoms with Crippen molar-refractivity contribution in [2.75, 3.05) is 21.3 Å². The van der Waals surface area contributed by atoms with E-state index in [4.69, 9.17) is 13.3 Å². The molecule has 0 aromatic heterocycles. The Morgan fingerprint density at radius 1 is 0.895 bits per heavy atom. The van der Waals surface area contributed by atoms with Gasteiger partial charge in [0.25, 0.3) is 0 Å². The van der Waals surface area contributed by atoms with Gasteiger partial charge in [-0.15, -0.1) is 0 Å². The van der Waals surface area contributed by atoms with Crippen LogP contribution in [-0.2, 0) is 13.3 Å². The summed E-state index contributed by atoms with van der Waals surface area (Å²) in [5, 5.41) is -2.98. The van der Waals surface area contributed by atoms with E-state index in [1.54, 1.807) is 0 Å². The summed E-state index contributed by atoms with van der Waals surface area (Å²) in [7, 11) is -0.971. The second-order valence-electron chi connectivity index (χ2n) is 4.87. The van der Waals surface area contributed by atoms with Crippen LogP contribution in [0.3, 0.4) is 0 Å². The Morgan fingerprint density at radius 3 is 1.42 bits per heavy atom. The summed E-state index contributed by atoms with van der Waals surface area (Å²) >= 11 is 0. The van der Waals surface area contributed by atoms with Crippen LogP contribution in [-0.4, -0.2) is 52.9 Å². The third-order valence-electron chi connectivity index (χ3n) is 3.93. The fourth-order valence-corrected chi connectivity index (χ4v) is 4.41. The highest BCUT2D eigenvalue weighted by Crippen LogP contribution is 2.48. The van der Waals surface area contributed by atoms with E-state index in [1.165, 1.54) is 0 Å². The molecule has 0 N–H and O–H groups in total. The van der Waals surface area contributed by atoms with Gasteiger partial charge in [-0.05, 0) is 27.7 Å². The van der Waals surface area contributed by atoms with Gasteiger partial charge in [0.1, 0.15) is 6.17 Å². The third kappa shape index (κ3) is 2.55. The highest BCUT2D eigenvalue weighted by molar-refractivity contribution is 6.64. The first-order valence-corrected chi connectivity index (χ1v) is 7.46. The maximum absolute atomic E-state index is 14.9. The van der Waals surface area contributed by atoms with E-state index in [0.717, 1.165) is 35.2 Å². The monoisotopic (exact) mass is 306 g/mol. The van der Waals surface area contributed by atoms with E-state index in [-0.39, 0.29) is 0 Å². The van der Waals surface area contributed by atoms with Crippen molar-refractivity contribution in [3.63, 3.8) is 0 Å². The molecule has 4 unspecified atom stereocenters. The molecule has 0 aromatic carbocycles. The lowest BCUT2D eigenvalue weighted by molar-refractivity contribution is -0.138. The minimum Gasteiger partial charge on any atom is -0.375 e. The van der Waals surface area contributed by atoms with Crippen LogP contribution in [0.15, 0.2) is 0 Å². The largest absolute Gasteiger partial charge is 0.542 e. The quantitative estimate of drug-likeness (QED) is 0.535. The number of hydrogen-bond donors (Lipinski definition) is 0. The number of rotatable bonds is 7. The van der Waals surface area contributed by atoms with Gasteiger partial charge in [0, 0.05) is 21.3 Å². The molecule has 19 heavy (non-hydrogen) atoms. The average Bonchev–Trinajstić information content (AvgIpc) is 2.30. The van der Waals surface area contributed by atoms with Gasteiger partial charge in [0.05, 0.1) is 0 Å². The minimum absolute atomic E-state index is 0.641. The van der Waals surface area contributed by atoms with E-state index in [2.05, 4.69) is 0 Å². The van der Waals surface area contributed by atoms with E-state index in [1.807, 2.05) is 0 Å². The average molecular weight is 306 g/mol. The lowest BCUT2D eigenvalue weighted by atomic mass is 9.82. The molecule has 0 aliphatic heterocycles. The van der Waals surface area contributed by atoms with Gasteiger partial charge in [0.2, 0.25) is 5.29 Å². The molecule has 4 atom stereocenters. The summed E-state index contributed by atoms with van der Waals surface area (Å²) in [6, 6.07) is 0. The summed E-state index contributed by atoms with van der Waals surface area (Å²) < 4.78 is 71.9. The van der Waals surface area contributed by atoms with Crippen molar-refractivity contribution >= 4 is 8.80 Å². The highest BCUT2D eigenvalue weighted by atomic mass is 28.4. The molecule has 0 amide bonds. The molecule has 0 rings (SSSR count). The van der Waals surface area contributed by atoms with Crippen molar-refractivity contribution in [3.05, 3.63) is 0 Å². The van der Waals surface area contributed by atoms with Gasteiger partial charge in [-0.25, -0.2) is 17.6 Å². The SMILES string of the molecule is CO[Si](OC)(OC)C(C)(F)C(C)(F)C(C)(F)C(C)F. The van der Waals surface area contributed by atoms with Crippen LogP contribution in [0.5, 0.6) is 0 Å². The van der Waals surface area contributed by atoms with Gasteiger partial charge in [0.15, 0.2) is 11.3 Å². The lowest BCUT2D eigenvalue weighted by Gasteiger charge is -2.47. The van der Waals surface area contributed by atoms with Crippen molar-refractivity contribution < 1.29 is 30.8 Å². The number of hydrogen-bond acceptors (Lipinski definition) is 3. The second-order valence-corrected chi connectivity index (χ2v) is 8.14. The van der Waals surface area contributed by atoms with Crippen molar-refractivity contribution in [1.29, 1.82) is 0 Å². The molecule has 0 aliphatic carbocycles. The van der Waals surface area contributed by atoms with Crippen molar-refractivity contribution in [2.24, 2.45) is 0 Å². The standard InChI is InChI=1S/C11H22F4O3Si/c1-8(12)9(2,13)10(3,14)11(4,15)19(16-5,17-6)18-7/h8H,1-7H3. The molecule has 0 saturated heterocycles. The molecular formula is C11H22F4O3Si. The first-order valence-electron chi connectivity index (χ1n) is 5.74. The maximum Gasteiger partial charge on any atom is 0.542 e. The van der Waals surface area contributed by atoms with E-state index >= 15 is 0 Å². The van der Waals surface area contributed by atoms with Crippen LogP contribution in [0.25, 0.3) is 0 Å². The summed E-state index contributed by atoms with van der Waals surface area (Å²) in [5.41, 5.74) is -6.30. The second kappa shape index (κ2) is 5.67. The third-order valence-corrected chi connectivity index (χ3v) is 7.16. The maximum atomic E-state index is 14.9. The van der Waals surface area contributed by atoms with Crippen LogP contribution >= 0.6 is 0 Å². The zero-order valence-electron chi connectivity index (χ0n) is 12.3. The molecule has 0 fully saturated rings. The topological polar surface area (TPSA) is 27.7 Å². The van der Waals surface area contributed by atoms with Crippen molar-refractivity contribution in [1.82, 2.24) is 0 Å². The molecule has 0 saturated carbocycles. The fraction of sp³-hybridized carbons (Fsp3) is 1.00. The molecule has 0 aliphatic rings. The van der Waals surface area contributed by atoms with Gasteiger partial charge in [-0.2, -0.15) is 0 Å². The Balaban J connectivity index is 5.87. The number of alkyl halides is 4. The lowest BCUT2D eigenvalue weighted by Crippen LogP contribution is -2.73. The Hall–Kier alpha value is -0.183. The zero-order valence-corrected chi connectivity index (χ0v) is 13.3. The molecule has 116 valence electrons. The van der Waals surface area contributed by atoms with Gasteiger partial charge in [-0.3, -0.25) is 0 Å². The Morgan fingerprint density at radius 2 is 1.21 bits per heavy atom. The van der Waals surface area contributed by atoms with E-state index < -0.39 is 31.6 Å². The molecule has 0 bridgehead atoms. The minimum atomic E-state index is -4.18. The molecular weight excluding hydrogens is 284 g/mol. The Kier molecular flexibility index (Phi) is 5.61. The smallest absolute Gasteiger partial charge is 0.375 e. The summed E-state index contributed by atoms with van der Waals surface area (Å²) in [6.07, 6.45) is -2.23. The summed E-state index contributed by atoms with van der Waals surface area (Å²) in [6.45, 7) is 2.89. The first-order chi connectivity index (χ1) is 8.38.